The fraction of sp³-hybridized carbons (Fsp3) is 0.500. The minimum atomic E-state index is -0.838. The SMILES string of the molecule is CC(C)(Cn1cccc1CO)C(=O)O. The highest BCUT2D eigenvalue weighted by Gasteiger charge is 2.27. The first kappa shape index (κ1) is 10.8. The maximum Gasteiger partial charge on any atom is 0.310 e. The van der Waals surface area contributed by atoms with Crippen LogP contribution in [0.5, 0.6) is 0 Å². The summed E-state index contributed by atoms with van der Waals surface area (Å²) in [7, 11) is 0. The summed E-state index contributed by atoms with van der Waals surface area (Å²) in [5.41, 5.74) is -0.0810. The lowest BCUT2D eigenvalue weighted by Gasteiger charge is -2.21. The second kappa shape index (κ2) is 3.84. The fourth-order valence-electron chi connectivity index (χ4n) is 1.24. The van der Waals surface area contributed by atoms with E-state index in [9.17, 15) is 4.79 Å². The highest BCUT2D eigenvalue weighted by Crippen LogP contribution is 2.19. The van der Waals surface area contributed by atoms with Gasteiger partial charge in [-0.3, -0.25) is 4.79 Å². The smallest absolute Gasteiger partial charge is 0.310 e. The Balaban J connectivity index is 2.83. The maximum atomic E-state index is 10.9. The molecule has 0 radical (unpaired) electrons. The molecule has 14 heavy (non-hydrogen) atoms. The van der Waals surface area contributed by atoms with E-state index in [1.165, 1.54) is 0 Å². The summed E-state index contributed by atoms with van der Waals surface area (Å²) in [6.45, 7) is 3.63. The van der Waals surface area contributed by atoms with Crippen LogP contribution in [0.15, 0.2) is 18.3 Å². The Bertz CT molecular complexity index is 328. The number of aliphatic hydroxyl groups is 1. The van der Waals surface area contributed by atoms with E-state index in [-0.39, 0.29) is 6.61 Å². The van der Waals surface area contributed by atoms with Crippen molar-refractivity contribution < 1.29 is 15.0 Å². The number of carboxylic acid groups (broad SMARTS) is 1. The van der Waals surface area contributed by atoms with E-state index in [0.29, 0.717) is 6.54 Å². The first-order chi connectivity index (χ1) is 6.47. The largest absolute Gasteiger partial charge is 0.481 e. The summed E-state index contributed by atoms with van der Waals surface area (Å²) in [4.78, 5) is 10.9. The van der Waals surface area contributed by atoms with Crippen molar-refractivity contribution in [1.82, 2.24) is 4.57 Å². The van der Waals surface area contributed by atoms with Gasteiger partial charge in [-0.15, -0.1) is 0 Å². The Morgan fingerprint density at radius 3 is 2.71 bits per heavy atom. The monoisotopic (exact) mass is 197 g/mol. The van der Waals surface area contributed by atoms with Crippen LogP contribution in [-0.4, -0.2) is 20.7 Å². The molecule has 2 N–H and O–H groups in total. The third-order valence-corrected chi connectivity index (χ3v) is 2.23. The predicted octanol–water partition coefficient (Wildman–Crippen LogP) is 1.09. The second-order valence-electron chi connectivity index (χ2n) is 3.97. The molecule has 1 heterocycles. The average molecular weight is 197 g/mol. The molecule has 0 saturated heterocycles. The summed E-state index contributed by atoms with van der Waals surface area (Å²) >= 11 is 0. The van der Waals surface area contributed by atoms with Crippen molar-refractivity contribution in [2.75, 3.05) is 0 Å². The standard InChI is InChI=1S/C10H15NO3/c1-10(2,9(13)14)7-11-5-3-4-8(11)6-12/h3-5,12H,6-7H2,1-2H3,(H,13,14). The average Bonchev–Trinajstić information content (AvgIpc) is 2.50. The third-order valence-electron chi connectivity index (χ3n) is 2.23. The van der Waals surface area contributed by atoms with Gasteiger partial charge in [-0.2, -0.15) is 0 Å². The molecule has 0 aliphatic carbocycles. The Morgan fingerprint density at radius 1 is 1.57 bits per heavy atom. The first-order valence-corrected chi connectivity index (χ1v) is 4.45. The van der Waals surface area contributed by atoms with Crippen molar-refractivity contribution in [3.8, 4) is 0 Å². The summed E-state index contributed by atoms with van der Waals surface area (Å²) in [5, 5.41) is 17.9. The van der Waals surface area contributed by atoms with E-state index >= 15 is 0 Å². The van der Waals surface area contributed by atoms with Crippen molar-refractivity contribution in [3.63, 3.8) is 0 Å². The zero-order valence-corrected chi connectivity index (χ0v) is 8.40. The van der Waals surface area contributed by atoms with Crippen molar-refractivity contribution in [2.24, 2.45) is 5.41 Å². The zero-order chi connectivity index (χ0) is 10.8. The minimum Gasteiger partial charge on any atom is -0.481 e. The molecule has 0 aliphatic heterocycles. The number of aliphatic carboxylic acids is 1. The molecule has 78 valence electrons. The maximum absolute atomic E-state index is 10.9. The lowest BCUT2D eigenvalue weighted by atomic mass is 9.94. The molecule has 1 aromatic rings. The number of nitrogens with zero attached hydrogens (tertiary/aromatic N) is 1. The predicted molar refractivity (Wildman–Crippen MR) is 51.8 cm³/mol. The minimum absolute atomic E-state index is 0.0668. The van der Waals surface area contributed by atoms with Gasteiger partial charge in [0.2, 0.25) is 0 Å². The molecule has 0 aromatic carbocycles. The molecular weight excluding hydrogens is 182 g/mol. The van der Waals surface area contributed by atoms with Gasteiger partial charge in [-0.25, -0.2) is 0 Å². The molecule has 0 bridgehead atoms. The van der Waals surface area contributed by atoms with Gasteiger partial charge in [0.05, 0.1) is 12.0 Å². The van der Waals surface area contributed by atoms with Crippen molar-refractivity contribution in [2.45, 2.75) is 27.0 Å². The van der Waals surface area contributed by atoms with E-state index in [0.717, 1.165) is 5.69 Å². The van der Waals surface area contributed by atoms with Gasteiger partial charge in [0.15, 0.2) is 0 Å². The number of aliphatic hydroxyl groups excluding tert-OH is 1. The molecule has 1 rings (SSSR count). The number of hydrogen-bond donors (Lipinski definition) is 2. The van der Waals surface area contributed by atoms with Crippen LogP contribution in [0.1, 0.15) is 19.5 Å². The quantitative estimate of drug-likeness (QED) is 0.759. The van der Waals surface area contributed by atoms with Crippen LogP contribution in [0.2, 0.25) is 0 Å². The molecule has 1 aromatic heterocycles. The molecular formula is C10H15NO3. The number of carbonyl (C=O) groups is 1. The van der Waals surface area contributed by atoms with Crippen LogP contribution >= 0.6 is 0 Å². The Labute approximate surface area is 82.8 Å². The van der Waals surface area contributed by atoms with Crippen LogP contribution in [0, 0.1) is 5.41 Å². The third kappa shape index (κ3) is 2.14. The number of aromatic nitrogens is 1. The zero-order valence-electron chi connectivity index (χ0n) is 8.40. The topological polar surface area (TPSA) is 62.5 Å². The Hall–Kier alpha value is -1.29. The van der Waals surface area contributed by atoms with Gasteiger partial charge in [-0.1, -0.05) is 0 Å². The molecule has 4 heteroatoms. The normalized spacial score (nSPS) is 11.6. The molecule has 0 fully saturated rings. The van der Waals surface area contributed by atoms with Gasteiger partial charge < -0.3 is 14.8 Å². The first-order valence-electron chi connectivity index (χ1n) is 4.45. The molecule has 0 atom stereocenters. The molecule has 0 saturated carbocycles. The van der Waals surface area contributed by atoms with Gasteiger partial charge in [0.1, 0.15) is 0 Å². The fourth-order valence-corrected chi connectivity index (χ4v) is 1.24. The number of rotatable bonds is 4. The van der Waals surface area contributed by atoms with Crippen molar-refractivity contribution >= 4 is 5.97 Å². The van der Waals surface area contributed by atoms with Gasteiger partial charge in [-0.05, 0) is 26.0 Å². The van der Waals surface area contributed by atoms with Crippen LogP contribution < -0.4 is 0 Å². The Morgan fingerprint density at radius 2 is 2.21 bits per heavy atom. The molecule has 0 unspecified atom stereocenters. The highest BCUT2D eigenvalue weighted by atomic mass is 16.4. The van der Waals surface area contributed by atoms with E-state index in [4.69, 9.17) is 10.2 Å². The van der Waals surface area contributed by atoms with Crippen LogP contribution in [0.25, 0.3) is 0 Å². The summed E-state index contributed by atoms with van der Waals surface area (Å²) < 4.78 is 1.76. The Kier molecular flexibility index (Phi) is 2.96. The van der Waals surface area contributed by atoms with E-state index in [2.05, 4.69) is 0 Å². The van der Waals surface area contributed by atoms with Crippen LogP contribution in [-0.2, 0) is 17.9 Å². The summed E-state index contributed by atoms with van der Waals surface area (Å²) in [6, 6.07) is 3.57. The summed E-state index contributed by atoms with van der Waals surface area (Å²) in [6.07, 6.45) is 1.77. The molecule has 0 amide bonds. The van der Waals surface area contributed by atoms with Gasteiger partial charge >= 0.3 is 5.97 Å². The number of carboxylic acids is 1. The van der Waals surface area contributed by atoms with Crippen LogP contribution in [0.3, 0.4) is 0 Å². The van der Waals surface area contributed by atoms with Gasteiger partial charge in [0.25, 0.3) is 0 Å². The van der Waals surface area contributed by atoms with Crippen molar-refractivity contribution in [1.29, 1.82) is 0 Å². The van der Waals surface area contributed by atoms with E-state index in [1.807, 2.05) is 0 Å². The molecule has 0 spiro atoms. The molecule has 4 nitrogen and oxygen atoms in total. The summed E-state index contributed by atoms with van der Waals surface area (Å²) in [5.74, 6) is -0.838. The van der Waals surface area contributed by atoms with Gasteiger partial charge in [0, 0.05) is 18.4 Å². The number of hydrogen-bond acceptors (Lipinski definition) is 2. The van der Waals surface area contributed by atoms with E-state index in [1.54, 1.807) is 36.7 Å². The second-order valence-corrected chi connectivity index (χ2v) is 3.97. The lowest BCUT2D eigenvalue weighted by molar-refractivity contribution is -0.147. The van der Waals surface area contributed by atoms with Crippen LogP contribution in [0.4, 0.5) is 0 Å². The highest BCUT2D eigenvalue weighted by molar-refractivity contribution is 5.73. The van der Waals surface area contributed by atoms with E-state index < -0.39 is 11.4 Å². The lowest BCUT2D eigenvalue weighted by Crippen LogP contribution is -2.29. The molecule has 0 aliphatic rings. The van der Waals surface area contributed by atoms with Crippen molar-refractivity contribution in [3.05, 3.63) is 24.0 Å².